The number of likely N-dealkylation sites (tertiary alicyclic amines) is 1. The zero-order valence-corrected chi connectivity index (χ0v) is 11.7. The van der Waals surface area contributed by atoms with Crippen LogP contribution in [-0.4, -0.2) is 31.5 Å². The summed E-state index contributed by atoms with van der Waals surface area (Å²) in [6.45, 7) is 3.98. The summed E-state index contributed by atoms with van der Waals surface area (Å²) in [6, 6.07) is 6.57. The Balaban J connectivity index is 1.73. The van der Waals surface area contributed by atoms with E-state index in [1.165, 1.54) is 30.4 Å². The average molecular weight is 259 g/mol. The zero-order chi connectivity index (χ0) is 13.5. The van der Waals surface area contributed by atoms with Gasteiger partial charge in [0.15, 0.2) is 0 Å². The Morgan fingerprint density at radius 1 is 1.42 bits per heavy atom. The average Bonchev–Trinajstić information content (AvgIpc) is 2.82. The van der Waals surface area contributed by atoms with Crippen LogP contribution in [0.25, 0.3) is 0 Å². The van der Waals surface area contributed by atoms with E-state index in [1.54, 1.807) is 7.11 Å². The second-order valence-electron chi connectivity index (χ2n) is 6.18. The lowest BCUT2D eigenvalue weighted by atomic mass is 9.77. The Morgan fingerprint density at radius 3 is 2.89 bits per heavy atom. The molecule has 102 valence electrons. The number of aryl methyl sites for hydroxylation is 1. The predicted octanol–water partition coefficient (Wildman–Crippen LogP) is 2.73. The van der Waals surface area contributed by atoms with Gasteiger partial charge in [0.1, 0.15) is 5.75 Å². The fourth-order valence-electron chi connectivity index (χ4n) is 3.76. The molecule has 1 amide bonds. The van der Waals surface area contributed by atoms with Gasteiger partial charge in [-0.2, -0.15) is 0 Å². The van der Waals surface area contributed by atoms with Crippen LogP contribution in [0.5, 0.6) is 5.75 Å². The largest absolute Gasteiger partial charge is 0.496 e. The Kier molecular flexibility index (Phi) is 3.00. The molecule has 1 aliphatic heterocycles. The monoisotopic (exact) mass is 259 g/mol. The smallest absolute Gasteiger partial charge is 0.209 e. The van der Waals surface area contributed by atoms with E-state index >= 15 is 0 Å². The number of carbonyl (C=O) groups excluding carboxylic acids is 1. The SMILES string of the molecule is COc1cc(C2CCC3(C2)CN(C=O)C3)ccc1C. The predicted molar refractivity (Wildman–Crippen MR) is 74.4 cm³/mol. The molecule has 0 aromatic heterocycles. The van der Waals surface area contributed by atoms with Crippen molar-refractivity contribution in [2.75, 3.05) is 20.2 Å². The van der Waals surface area contributed by atoms with Gasteiger partial charge in [0, 0.05) is 18.5 Å². The summed E-state index contributed by atoms with van der Waals surface area (Å²) in [5.41, 5.74) is 2.99. The van der Waals surface area contributed by atoms with Crippen LogP contribution in [0.1, 0.15) is 36.3 Å². The molecule has 3 rings (SSSR count). The van der Waals surface area contributed by atoms with Gasteiger partial charge < -0.3 is 9.64 Å². The molecule has 3 nitrogen and oxygen atoms in total. The molecule has 1 spiro atoms. The minimum Gasteiger partial charge on any atom is -0.496 e. The van der Waals surface area contributed by atoms with Crippen molar-refractivity contribution in [2.24, 2.45) is 5.41 Å². The molecule has 0 N–H and O–H groups in total. The van der Waals surface area contributed by atoms with Gasteiger partial charge in [-0.05, 0) is 49.3 Å². The minimum absolute atomic E-state index is 0.406. The molecular formula is C16H21NO2. The van der Waals surface area contributed by atoms with Crippen molar-refractivity contribution >= 4 is 6.41 Å². The third-order valence-corrected chi connectivity index (χ3v) is 4.83. The van der Waals surface area contributed by atoms with Crippen molar-refractivity contribution in [3.8, 4) is 5.75 Å². The number of carbonyl (C=O) groups is 1. The van der Waals surface area contributed by atoms with Gasteiger partial charge in [-0.3, -0.25) is 4.79 Å². The highest BCUT2D eigenvalue weighted by Crippen LogP contribution is 2.51. The number of benzene rings is 1. The number of rotatable bonds is 3. The summed E-state index contributed by atoms with van der Waals surface area (Å²) in [6.07, 6.45) is 4.67. The summed E-state index contributed by atoms with van der Waals surface area (Å²) < 4.78 is 5.42. The van der Waals surface area contributed by atoms with Gasteiger partial charge >= 0.3 is 0 Å². The lowest BCUT2D eigenvalue weighted by molar-refractivity contribution is -0.129. The molecule has 3 heteroatoms. The van der Waals surface area contributed by atoms with E-state index in [1.807, 2.05) is 4.90 Å². The van der Waals surface area contributed by atoms with Gasteiger partial charge in [-0.15, -0.1) is 0 Å². The summed E-state index contributed by atoms with van der Waals surface area (Å²) in [5, 5.41) is 0. The Hall–Kier alpha value is -1.51. The number of amides is 1. The summed E-state index contributed by atoms with van der Waals surface area (Å²) >= 11 is 0. The van der Waals surface area contributed by atoms with Crippen molar-refractivity contribution in [3.63, 3.8) is 0 Å². The molecule has 1 saturated carbocycles. The first-order valence-electron chi connectivity index (χ1n) is 7.00. The van der Waals surface area contributed by atoms with Gasteiger partial charge in [0.25, 0.3) is 0 Å². The van der Waals surface area contributed by atoms with Gasteiger partial charge in [-0.1, -0.05) is 12.1 Å². The maximum absolute atomic E-state index is 10.7. The van der Waals surface area contributed by atoms with Crippen molar-refractivity contribution in [2.45, 2.75) is 32.1 Å². The molecular weight excluding hydrogens is 238 g/mol. The summed E-state index contributed by atoms with van der Waals surface area (Å²) in [4.78, 5) is 12.6. The normalized spacial score (nSPS) is 24.3. The third-order valence-electron chi connectivity index (χ3n) is 4.83. The molecule has 1 aliphatic carbocycles. The van der Waals surface area contributed by atoms with Gasteiger partial charge in [0.05, 0.1) is 7.11 Å². The van der Waals surface area contributed by atoms with E-state index in [0.717, 1.165) is 25.2 Å². The van der Waals surface area contributed by atoms with Crippen LogP contribution < -0.4 is 4.74 Å². The fraction of sp³-hybridized carbons (Fsp3) is 0.562. The van der Waals surface area contributed by atoms with E-state index in [9.17, 15) is 4.79 Å². The molecule has 1 aromatic rings. The van der Waals surface area contributed by atoms with Gasteiger partial charge in [0.2, 0.25) is 6.41 Å². The number of methoxy groups -OCH3 is 1. The van der Waals surface area contributed by atoms with Crippen LogP contribution in [0.4, 0.5) is 0 Å². The van der Waals surface area contributed by atoms with Crippen LogP contribution in [0.15, 0.2) is 18.2 Å². The van der Waals surface area contributed by atoms with Crippen molar-refractivity contribution < 1.29 is 9.53 Å². The van der Waals surface area contributed by atoms with Crippen LogP contribution in [0.2, 0.25) is 0 Å². The van der Waals surface area contributed by atoms with Crippen molar-refractivity contribution in [1.29, 1.82) is 0 Å². The quantitative estimate of drug-likeness (QED) is 0.781. The number of nitrogens with zero attached hydrogens (tertiary/aromatic N) is 1. The molecule has 1 aromatic carbocycles. The van der Waals surface area contributed by atoms with Crippen LogP contribution >= 0.6 is 0 Å². The fourth-order valence-corrected chi connectivity index (χ4v) is 3.76. The summed E-state index contributed by atoms with van der Waals surface area (Å²) in [7, 11) is 1.73. The maximum atomic E-state index is 10.7. The Labute approximate surface area is 114 Å². The molecule has 1 heterocycles. The molecule has 2 aliphatic rings. The number of hydrogen-bond acceptors (Lipinski definition) is 2. The molecule has 0 radical (unpaired) electrons. The topological polar surface area (TPSA) is 29.5 Å². The van der Waals surface area contributed by atoms with E-state index < -0.39 is 0 Å². The molecule has 1 atom stereocenters. The Morgan fingerprint density at radius 2 is 2.21 bits per heavy atom. The summed E-state index contributed by atoms with van der Waals surface area (Å²) in [5.74, 6) is 1.62. The van der Waals surface area contributed by atoms with Crippen molar-refractivity contribution in [3.05, 3.63) is 29.3 Å². The van der Waals surface area contributed by atoms with E-state index in [-0.39, 0.29) is 0 Å². The minimum atomic E-state index is 0.406. The molecule has 0 bridgehead atoms. The lowest BCUT2D eigenvalue weighted by Crippen LogP contribution is -2.54. The first-order valence-corrected chi connectivity index (χ1v) is 7.00. The Bertz CT molecular complexity index is 492. The molecule has 1 saturated heterocycles. The third kappa shape index (κ3) is 2.11. The molecule has 2 fully saturated rings. The molecule has 19 heavy (non-hydrogen) atoms. The van der Waals surface area contributed by atoms with Crippen molar-refractivity contribution in [1.82, 2.24) is 4.90 Å². The first kappa shape index (κ1) is 12.5. The lowest BCUT2D eigenvalue weighted by Gasteiger charge is -2.46. The first-order chi connectivity index (χ1) is 9.15. The van der Waals surface area contributed by atoms with E-state index in [2.05, 4.69) is 25.1 Å². The highest BCUT2D eigenvalue weighted by atomic mass is 16.5. The maximum Gasteiger partial charge on any atom is 0.209 e. The standard InChI is InChI=1S/C16H21NO2/c1-12-3-4-13(7-15(12)19-2)14-5-6-16(8-14)9-17(10-16)11-18/h3-4,7,11,14H,5-6,8-10H2,1-2H3. The highest BCUT2D eigenvalue weighted by molar-refractivity contribution is 5.49. The molecule has 1 unspecified atom stereocenters. The van der Waals surface area contributed by atoms with E-state index in [0.29, 0.717) is 11.3 Å². The number of ether oxygens (including phenoxy) is 1. The second-order valence-corrected chi connectivity index (χ2v) is 6.18. The highest BCUT2D eigenvalue weighted by Gasteiger charge is 2.47. The van der Waals surface area contributed by atoms with E-state index in [4.69, 9.17) is 4.74 Å². The number of hydrogen-bond donors (Lipinski definition) is 0. The second kappa shape index (κ2) is 4.55. The van der Waals surface area contributed by atoms with Crippen LogP contribution in [-0.2, 0) is 4.79 Å². The van der Waals surface area contributed by atoms with Crippen LogP contribution in [0, 0.1) is 12.3 Å². The van der Waals surface area contributed by atoms with Crippen LogP contribution in [0.3, 0.4) is 0 Å². The zero-order valence-electron chi connectivity index (χ0n) is 11.7. The van der Waals surface area contributed by atoms with Gasteiger partial charge in [-0.25, -0.2) is 0 Å².